The Kier molecular flexibility index (Phi) is 5.91. The number of hydrogen-bond donors (Lipinski definition) is 1. The summed E-state index contributed by atoms with van der Waals surface area (Å²) in [6.07, 6.45) is 0. The van der Waals surface area contributed by atoms with Crippen molar-refractivity contribution in [3.05, 3.63) is 65.2 Å². The van der Waals surface area contributed by atoms with E-state index in [9.17, 15) is 27.6 Å². The average molecular weight is 445 g/mol. The van der Waals surface area contributed by atoms with Crippen molar-refractivity contribution in [2.24, 2.45) is 0 Å². The highest BCUT2D eigenvalue weighted by atomic mass is 32.2. The zero-order chi connectivity index (χ0) is 22.9. The number of benzene rings is 2. The summed E-state index contributed by atoms with van der Waals surface area (Å²) >= 11 is 0. The molecule has 1 aliphatic heterocycles. The van der Waals surface area contributed by atoms with Gasteiger partial charge in [-0.15, -0.1) is 0 Å². The van der Waals surface area contributed by atoms with E-state index in [-0.39, 0.29) is 21.6 Å². The smallest absolute Gasteiger partial charge is 0.339 e. The minimum Gasteiger partial charge on any atom is -0.339 e. The molecule has 0 spiro atoms. The van der Waals surface area contributed by atoms with Crippen molar-refractivity contribution in [3.63, 3.8) is 0 Å². The van der Waals surface area contributed by atoms with Crippen LogP contribution >= 0.6 is 0 Å². The van der Waals surface area contributed by atoms with E-state index >= 15 is 0 Å². The van der Waals surface area contributed by atoms with Gasteiger partial charge in [0.2, 0.25) is 10.0 Å². The number of nitrogens with one attached hydrogen (secondary N) is 1. The molecule has 0 aliphatic carbocycles. The van der Waals surface area contributed by atoms with Gasteiger partial charge < -0.3 is 10.2 Å². The summed E-state index contributed by atoms with van der Waals surface area (Å²) in [5, 5.41) is 2.74. The molecule has 0 saturated carbocycles. The van der Waals surface area contributed by atoms with Gasteiger partial charge in [0, 0.05) is 19.7 Å². The van der Waals surface area contributed by atoms with Crippen LogP contribution in [-0.4, -0.2) is 61.6 Å². The van der Waals surface area contributed by atoms with E-state index in [0.717, 1.165) is 4.31 Å². The third-order valence-electron chi connectivity index (χ3n) is 4.53. The Morgan fingerprint density at radius 2 is 1.48 bits per heavy atom. The molecule has 162 valence electrons. The van der Waals surface area contributed by atoms with Crippen molar-refractivity contribution < 1.29 is 32.4 Å². The minimum atomic E-state index is -3.64. The van der Waals surface area contributed by atoms with Gasteiger partial charge >= 0.3 is 5.97 Å². The van der Waals surface area contributed by atoms with Crippen LogP contribution in [0.15, 0.2) is 53.4 Å². The first-order chi connectivity index (χ1) is 14.5. The van der Waals surface area contributed by atoms with Crippen LogP contribution in [0.1, 0.15) is 38.0 Å². The molecule has 2 aromatic rings. The van der Waals surface area contributed by atoms with Crippen molar-refractivity contribution in [2.45, 2.75) is 17.9 Å². The number of carbonyl (C=O) groups is 4. The summed E-state index contributed by atoms with van der Waals surface area (Å²) in [5.41, 5.74) is 0.340. The molecule has 0 saturated heterocycles. The molecule has 0 aromatic heterocycles. The molecule has 3 amide bonds. The van der Waals surface area contributed by atoms with Crippen molar-refractivity contribution in [3.8, 4) is 0 Å². The third kappa shape index (κ3) is 4.18. The maximum atomic E-state index is 12.4. The van der Waals surface area contributed by atoms with E-state index in [4.69, 9.17) is 4.84 Å². The van der Waals surface area contributed by atoms with E-state index < -0.39 is 39.8 Å². The Hall–Kier alpha value is -3.57. The Morgan fingerprint density at radius 1 is 0.968 bits per heavy atom. The van der Waals surface area contributed by atoms with Gasteiger partial charge in [0.15, 0.2) is 0 Å². The molecule has 1 atom stereocenters. The number of hydrogen-bond acceptors (Lipinski definition) is 7. The largest absolute Gasteiger partial charge is 0.354 e. The summed E-state index contributed by atoms with van der Waals surface area (Å²) in [5.74, 6) is -3.23. The van der Waals surface area contributed by atoms with Gasteiger partial charge in [0.25, 0.3) is 17.7 Å². The standard InChI is InChI=1S/C20H19N3O7S/c1-12(20(27)30-23-18(25)15-6-4-5-7-16(15)19(23)26)21-17(24)13-8-10-14(11-9-13)31(28,29)22(2)3/h4-12H,1-3H3,(H,21,24). The third-order valence-corrected chi connectivity index (χ3v) is 6.36. The first kappa shape index (κ1) is 22.1. The maximum Gasteiger partial charge on any atom is 0.354 e. The SMILES string of the molecule is CC(NC(=O)c1ccc(S(=O)(=O)N(C)C)cc1)C(=O)ON1C(=O)c2ccccc2C1=O. The Balaban J connectivity index is 1.64. The number of fused-ring (bicyclic) bond motifs is 1. The van der Waals surface area contributed by atoms with Crippen LogP contribution in [0.5, 0.6) is 0 Å². The van der Waals surface area contributed by atoms with Crippen LogP contribution in [0.3, 0.4) is 0 Å². The molecule has 0 bridgehead atoms. The Morgan fingerprint density at radius 3 is 1.97 bits per heavy atom. The monoisotopic (exact) mass is 445 g/mol. The summed E-state index contributed by atoms with van der Waals surface area (Å²) < 4.78 is 25.2. The topological polar surface area (TPSA) is 130 Å². The van der Waals surface area contributed by atoms with Gasteiger partial charge in [0.1, 0.15) is 6.04 Å². The highest BCUT2D eigenvalue weighted by Gasteiger charge is 2.39. The fourth-order valence-corrected chi connectivity index (χ4v) is 3.65. The van der Waals surface area contributed by atoms with Crippen LogP contribution in [0, 0.1) is 0 Å². The molecule has 1 N–H and O–H groups in total. The second kappa shape index (κ2) is 8.28. The van der Waals surface area contributed by atoms with Crippen molar-refractivity contribution in [2.75, 3.05) is 14.1 Å². The van der Waals surface area contributed by atoms with Crippen molar-refractivity contribution in [1.82, 2.24) is 14.7 Å². The predicted octanol–water partition coefficient (Wildman–Crippen LogP) is 0.810. The minimum absolute atomic E-state index is 0.00660. The van der Waals surface area contributed by atoms with Crippen LogP contribution < -0.4 is 5.32 Å². The number of hydroxylamine groups is 2. The normalized spacial score (nSPS) is 14.4. The van der Waals surface area contributed by atoms with Gasteiger partial charge in [-0.25, -0.2) is 17.5 Å². The lowest BCUT2D eigenvalue weighted by molar-refractivity contribution is -0.170. The van der Waals surface area contributed by atoms with E-state index in [1.165, 1.54) is 57.4 Å². The summed E-state index contributed by atoms with van der Waals surface area (Å²) in [7, 11) is -0.871. The van der Waals surface area contributed by atoms with Crippen LogP contribution in [0.2, 0.25) is 0 Å². The molecule has 2 aromatic carbocycles. The molecular formula is C20H19N3O7S. The van der Waals surface area contributed by atoms with E-state index in [1.54, 1.807) is 12.1 Å². The molecule has 11 heteroatoms. The zero-order valence-electron chi connectivity index (χ0n) is 16.9. The molecule has 31 heavy (non-hydrogen) atoms. The molecule has 1 unspecified atom stereocenters. The number of amides is 3. The highest BCUT2D eigenvalue weighted by Crippen LogP contribution is 2.23. The number of imide groups is 1. The second-order valence-corrected chi connectivity index (χ2v) is 9.02. The molecule has 1 heterocycles. The number of nitrogens with zero attached hydrogens (tertiary/aromatic N) is 2. The van der Waals surface area contributed by atoms with E-state index in [2.05, 4.69) is 5.32 Å². The van der Waals surface area contributed by atoms with E-state index in [0.29, 0.717) is 5.06 Å². The van der Waals surface area contributed by atoms with Gasteiger partial charge in [-0.2, -0.15) is 0 Å². The Labute approximate surface area is 178 Å². The van der Waals surface area contributed by atoms with Gasteiger partial charge in [0.05, 0.1) is 16.0 Å². The Bertz CT molecular complexity index is 1140. The first-order valence-corrected chi connectivity index (χ1v) is 10.5. The summed E-state index contributed by atoms with van der Waals surface area (Å²) in [6, 6.07) is 9.98. The number of sulfonamides is 1. The van der Waals surface area contributed by atoms with E-state index in [1.807, 2.05) is 0 Å². The van der Waals surface area contributed by atoms with Crippen LogP contribution in [0.25, 0.3) is 0 Å². The number of carbonyl (C=O) groups excluding carboxylic acids is 4. The quantitative estimate of drug-likeness (QED) is 0.651. The molecule has 10 nitrogen and oxygen atoms in total. The number of rotatable bonds is 6. The molecule has 3 rings (SSSR count). The maximum absolute atomic E-state index is 12.4. The van der Waals surface area contributed by atoms with Crippen LogP contribution in [-0.2, 0) is 19.7 Å². The lowest BCUT2D eigenvalue weighted by atomic mass is 10.1. The highest BCUT2D eigenvalue weighted by molar-refractivity contribution is 7.89. The average Bonchev–Trinajstić information content (AvgIpc) is 2.98. The zero-order valence-corrected chi connectivity index (χ0v) is 17.7. The van der Waals surface area contributed by atoms with Gasteiger partial charge in [-0.3, -0.25) is 14.4 Å². The van der Waals surface area contributed by atoms with Gasteiger partial charge in [-0.1, -0.05) is 17.2 Å². The molecule has 0 radical (unpaired) electrons. The molecule has 0 fully saturated rings. The van der Waals surface area contributed by atoms with Crippen molar-refractivity contribution in [1.29, 1.82) is 0 Å². The molecular weight excluding hydrogens is 426 g/mol. The van der Waals surface area contributed by atoms with Gasteiger partial charge in [-0.05, 0) is 43.3 Å². The fraction of sp³-hybridized carbons (Fsp3) is 0.200. The lowest BCUT2D eigenvalue weighted by Crippen LogP contribution is -2.43. The first-order valence-electron chi connectivity index (χ1n) is 9.07. The lowest BCUT2D eigenvalue weighted by Gasteiger charge is -2.17. The van der Waals surface area contributed by atoms with Crippen molar-refractivity contribution >= 4 is 33.7 Å². The molecule has 1 aliphatic rings. The second-order valence-electron chi connectivity index (χ2n) is 6.87. The summed E-state index contributed by atoms with van der Waals surface area (Å²) in [6.45, 7) is 1.32. The fourth-order valence-electron chi connectivity index (χ4n) is 2.75. The van der Waals surface area contributed by atoms with Crippen LogP contribution in [0.4, 0.5) is 0 Å². The predicted molar refractivity (Wildman–Crippen MR) is 107 cm³/mol. The summed E-state index contributed by atoms with van der Waals surface area (Å²) in [4.78, 5) is 54.1.